The van der Waals surface area contributed by atoms with Gasteiger partial charge < -0.3 is 4.48 Å². The van der Waals surface area contributed by atoms with Gasteiger partial charge in [-0.05, 0) is 25.7 Å². The third-order valence-electron chi connectivity index (χ3n) is 2.95. The van der Waals surface area contributed by atoms with Crippen molar-refractivity contribution in [1.82, 2.24) is 0 Å². The maximum absolute atomic E-state index is 2.43. The summed E-state index contributed by atoms with van der Waals surface area (Å²) in [5, 5.41) is 0. The van der Waals surface area contributed by atoms with Gasteiger partial charge in [0, 0.05) is 0 Å². The van der Waals surface area contributed by atoms with Crippen molar-refractivity contribution in [3.63, 3.8) is 0 Å². The summed E-state index contributed by atoms with van der Waals surface area (Å²) in [6.07, 6.45) is 7.16. The van der Waals surface area contributed by atoms with Gasteiger partial charge in [-0.1, -0.05) is 20.8 Å². The minimum absolute atomic E-state index is 0. The lowest BCUT2D eigenvalue weighted by atomic mass is 10.1. The van der Waals surface area contributed by atoms with Crippen LogP contribution < -0.4 is 0 Å². The molecule has 74 valence electrons. The van der Waals surface area contributed by atoms with Crippen molar-refractivity contribution in [3.8, 4) is 0 Å². The van der Waals surface area contributed by atoms with Crippen molar-refractivity contribution in [2.75, 3.05) is 26.7 Å². The predicted octanol–water partition coefficient (Wildman–Crippen LogP) is 3.05. The summed E-state index contributed by atoms with van der Waals surface area (Å²) in [6, 6.07) is 0. The standard InChI is InChI=1S/C10H22N.CH4/c1-3-4-8-11(2)9-6-5-7-10-11;/h3-10H2,1-2H3;1H4/q+1;. The molecule has 0 amide bonds. The van der Waals surface area contributed by atoms with Gasteiger partial charge in [0.1, 0.15) is 0 Å². The Balaban J connectivity index is 0.00000121. The quantitative estimate of drug-likeness (QED) is 0.574. The molecule has 1 saturated heterocycles. The van der Waals surface area contributed by atoms with Gasteiger partial charge in [-0.25, -0.2) is 0 Å². The van der Waals surface area contributed by atoms with Gasteiger partial charge in [0.05, 0.1) is 26.7 Å². The van der Waals surface area contributed by atoms with Crippen LogP contribution >= 0.6 is 0 Å². The Labute approximate surface area is 78.4 Å². The first-order chi connectivity index (χ1) is 5.27. The van der Waals surface area contributed by atoms with Gasteiger partial charge in [-0.15, -0.1) is 0 Å². The summed E-state index contributed by atoms with van der Waals surface area (Å²) in [7, 11) is 2.43. The van der Waals surface area contributed by atoms with Crippen molar-refractivity contribution in [2.45, 2.75) is 46.5 Å². The SMILES string of the molecule is C.CCCC[N+]1(C)CCCCC1. The molecule has 1 fully saturated rings. The zero-order valence-corrected chi connectivity index (χ0v) is 8.10. The second-order valence-corrected chi connectivity index (χ2v) is 4.20. The second-order valence-electron chi connectivity index (χ2n) is 4.20. The third kappa shape index (κ3) is 3.57. The zero-order chi connectivity index (χ0) is 8.16. The van der Waals surface area contributed by atoms with Crippen LogP contribution in [0, 0.1) is 0 Å². The second kappa shape index (κ2) is 5.58. The summed E-state index contributed by atoms with van der Waals surface area (Å²) in [4.78, 5) is 0. The Morgan fingerprint density at radius 2 is 1.67 bits per heavy atom. The number of nitrogens with zero attached hydrogens (tertiary/aromatic N) is 1. The van der Waals surface area contributed by atoms with Crippen LogP contribution in [-0.4, -0.2) is 31.2 Å². The van der Waals surface area contributed by atoms with E-state index in [4.69, 9.17) is 0 Å². The monoisotopic (exact) mass is 172 g/mol. The molecule has 0 aromatic rings. The predicted molar refractivity (Wildman–Crippen MR) is 56.3 cm³/mol. The fraction of sp³-hybridized carbons (Fsp3) is 1.00. The van der Waals surface area contributed by atoms with E-state index in [-0.39, 0.29) is 7.43 Å². The number of hydrogen-bond acceptors (Lipinski definition) is 0. The van der Waals surface area contributed by atoms with E-state index in [0.29, 0.717) is 0 Å². The molecule has 0 saturated carbocycles. The first kappa shape index (κ1) is 12.0. The Kier molecular flexibility index (Phi) is 5.56. The number of quaternary nitrogens is 1. The molecule has 0 unspecified atom stereocenters. The van der Waals surface area contributed by atoms with Crippen molar-refractivity contribution in [2.24, 2.45) is 0 Å². The topological polar surface area (TPSA) is 0 Å². The van der Waals surface area contributed by atoms with E-state index >= 15 is 0 Å². The van der Waals surface area contributed by atoms with Crippen LogP contribution in [0.4, 0.5) is 0 Å². The van der Waals surface area contributed by atoms with E-state index in [0.717, 1.165) is 0 Å². The van der Waals surface area contributed by atoms with Crippen molar-refractivity contribution >= 4 is 0 Å². The molecule has 1 aliphatic rings. The zero-order valence-electron chi connectivity index (χ0n) is 8.10. The van der Waals surface area contributed by atoms with Crippen LogP contribution in [0.3, 0.4) is 0 Å². The highest BCUT2D eigenvalue weighted by molar-refractivity contribution is 4.51. The van der Waals surface area contributed by atoms with Gasteiger partial charge in [0.2, 0.25) is 0 Å². The van der Waals surface area contributed by atoms with Gasteiger partial charge in [0.15, 0.2) is 0 Å². The maximum atomic E-state index is 2.43. The maximum Gasteiger partial charge on any atom is 0.0784 e. The minimum atomic E-state index is 0. The summed E-state index contributed by atoms with van der Waals surface area (Å²) in [5.41, 5.74) is 0. The van der Waals surface area contributed by atoms with Crippen LogP contribution in [0.5, 0.6) is 0 Å². The lowest BCUT2D eigenvalue weighted by Crippen LogP contribution is -2.48. The van der Waals surface area contributed by atoms with Crippen molar-refractivity contribution in [3.05, 3.63) is 0 Å². The van der Waals surface area contributed by atoms with E-state index in [1.807, 2.05) is 0 Å². The number of likely N-dealkylation sites (tertiary alicyclic amines) is 1. The molecular weight excluding hydrogens is 146 g/mol. The average Bonchev–Trinajstić information content (AvgIpc) is 2.03. The Hall–Kier alpha value is -0.0400. The summed E-state index contributed by atoms with van der Waals surface area (Å²) < 4.78 is 1.36. The normalized spacial score (nSPS) is 21.5. The van der Waals surface area contributed by atoms with E-state index in [1.165, 1.54) is 56.2 Å². The average molecular weight is 172 g/mol. The molecule has 1 nitrogen and oxygen atoms in total. The lowest BCUT2D eigenvalue weighted by molar-refractivity contribution is -0.914. The van der Waals surface area contributed by atoms with Gasteiger partial charge in [-0.3, -0.25) is 0 Å². The van der Waals surface area contributed by atoms with Crippen LogP contribution in [0.2, 0.25) is 0 Å². The first-order valence-corrected chi connectivity index (χ1v) is 5.10. The highest BCUT2D eigenvalue weighted by atomic mass is 15.3. The van der Waals surface area contributed by atoms with Crippen LogP contribution in [0.25, 0.3) is 0 Å². The third-order valence-corrected chi connectivity index (χ3v) is 2.95. The number of rotatable bonds is 3. The number of piperidine rings is 1. The van der Waals surface area contributed by atoms with Crippen molar-refractivity contribution in [1.29, 1.82) is 0 Å². The van der Waals surface area contributed by atoms with E-state index in [1.54, 1.807) is 0 Å². The van der Waals surface area contributed by atoms with Crippen molar-refractivity contribution < 1.29 is 4.48 Å². The highest BCUT2D eigenvalue weighted by Gasteiger charge is 2.23. The molecule has 0 radical (unpaired) electrons. The molecule has 0 aromatic heterocycles. The van der Waals surface area contributed by atoms with Crippen LogP contribution in [0.15, 0.2) is 0 Å². The molecule has 1 rings (SSSR count). The summed E-state index contributed by atoms with van der Waals surface area (Å²) >= 11 is 0. The molecular formula is C11H26N+. The fourth-order valence-electron chi connectivity index (χ4n) is 2.04. The van der Waals surface area contributed by atoms with Crippen LogP contribution in [-0.2, 0) is 0 Å². The van der Waals surface area contributed by atoms with Gasteiger partial charge in [-0.2, -0.15) is 0 Å². The van der Waals surface area contributed by atoms with E-state index in [9.17, 15) is 0 Å². The van der Waals surface area contributed by atoms with Gasteiger partial charge >= 0.3 is 0 Å². The Morgan fingerprint density at radius 1 is 1.08 bits per heavy atom. The molecule has 1 heterocycles. The van der Waals surface area contributed by atoms with Gasteiger partial charge in [0.25, 0.3) is 0 Å². The molecule has 0 bridgehead atoms. The molecule has 1 aliphatic heterocycles. The fourth-order valence-corrected chi connectivity index (χ4v) is 2.04. The summed E-state index contributed by atoms with van der Waals surface area (Å²) in [5.74, 6) is 0. The number of hydrogen-bond donors (Lipinski definition) is 0. The molecule has 0 N–H and O–H groups in total. The highest BCUT2D eigenvalue weighted by Crippen LogP contribution is 2.16. The molecule has 0 aromatic carbocycles. The largest absolute Gasteiger partial charge is 0.326 e. The Bertz CT molecular complexity index is 104. The Morgan fingerprint density at radius 3 is 2.17 bits per heavy atom. The smallest absolute Gasteiger partial charge is 0.0784 e. The minimum Gasteiger partial charge on any atom is -0.326 e. The molecule has 0 aliphatic carbocycles. The number of unbranched alkanes of at least 4 members (excludes halogenated alkanes) is 1. The molecule has 0 atom stereocenters. The molecule has 1 heteroatoms. The molecule has 12 heavy (non-hydrogen) atoms. The van der Waals surface area contributed by atoms with E-state index < -0.39 is 0 Å². The first-order valence-electron chi connectivity index (χ1n) is 5.10. The lowest BCUT2D eigenvalue weighted by Gasteiger charge is -2.37. The summed E-state index contributed by atoms with van der Waals surface area (Å²) in [6.45, 7) is 6.56. The van der Waals surface area contributed by atoms with Crippen LogP contribution in [0.1, 0.15) is 46.5 Å². The van der Waals surface area contributed by atoms with E-state index in [2.05, 4.69) is 14.0 Å². The molecule has 0 spiro atoms.